The number of rotatable bonds is 2. The van der Waals surface area contributed by atoms with Crippen LogP contribution in [0.1, 0.15) is 18.9 Å². The third-order valence-corrected chi connectivity index (χ3v) is 3.49. The fourth-order valence-electron chi connectivity index (χ4n) is 2.29. The minimum atomic E-state index is 0.369. The summed E-state index contributed by atoms with van der Waals surface area (Å²) in [6.07, 6.45) is 5.49. The van der Waals surface area contributed by atoms with E-state index in [9.17, 15) is 0 Å². The Labute approximate surface area is 110 Å². The average molecular weight is 262 g/mol. The van der Waals surface area contributed by atoms with Gasteiger partial charge in [-0.15, -0.1) is 0 Å². The Hall–Kier alpha value is -1.53. The van der Waals surface area contributed by atoms with E-state index in [2.05, 4.69) is 19.7 Å². The van der Waals surface area contributed by atoms with E-state index < -0.39 is 0 Å². The molecule has 0 spiro atoms. The maximum Gasteiger partial charge on any atom is 0.195 e. The van der Waals surface area contributed by atoms with Crippen LogP contribution in [-0.4, -0.2) is 33.0 Å². The third kappa shape index (κ3) is 2.09. The molecular formula is C12H14N4OS. The van der Waals surface area contributed by atoms with Crippen molar-refractivity contribution in [1.82, 2.24) is 19.7 Å². The minimum absolute atomic E-state index is 0.369. The highest BCUT2D eigenvalue weighted by molar-refractivity contribution is 7.71. The van der Waals surface area contributed by atoms with Gasteiger partial charge in [-0.05, 0) is 37.2 Å². The third-order valence-electron chi connectivity index (χ3n) is 3.20. The van der Waals surface area contributed by atoms with Crippen LogP contribution < -0.4 is 0 Å². The molecule has 0 saturated carbocycles. The molecule has 1 N–H and O–H groups in total. The van der Waals surface area contributed by atoms with Crippen molar-refractivity contribution < 1.29 is 4.74 Å². The Kier molecular flexibility index (Phi) is 3.21. The molecule has 0 aromatic carbocycles. The number of pyridine rings is 1. The number of nitrogens with zero attached hydrogens (tertiary/aromatic N) is 3. The van der Waals surface area contributed by atoms with E-state index in [4.69, 9.17) is 17.0 Å². The van der Waals surface area contributed by atoms with Gasteiger partial charge < -0.3 is 4.74 Å². The molecule has 18 heavy (non-hydrogen) atoms. The Balaban J connectivity index is 2.03. The average Bonchev–Trinajstić information content (AvgIpc) is 2.83. The van der Waals surface area contributed by atoms with Gasteiger partial charge in [-0.3, -0.25) is 14.6 Å². The second-order valence-corrected chi connectivity index (χ2v) is 4.69. The van der Waals surface area contributed by atoms with Gasteiger partial charge in [-0.25, -0.2) is 0 Å². The van der Waals surface area contributed by atoms with Gasteiger partial charge in [0, 0.05) is 37.2 Å². The zero-order chi connectivity index (χ0) is 12.4. The number of ether oxygens (including phenoxy) is 1. The second kappa shape index (κ2) is 4.99. The highest BCUT2D eigenvalue weighted by Crippen LogP contribution is 2.26. The van der Waals surface area contributed by atoms with E-state index >= 15 is 0 Å². The van der Waals surface area contributed by atoms with Crippen LogP contribution in [0.25, 0.3) is 11.4 Å². The van der Waals surface area contributed by atoms with E-state index in [1.54, 1.807) is 12.4 Å². The molecule has 1 saturated heterocycles. The molecule has 2 aromatic rings. The van der Waals surface area contributed by atoms with Crippen LogP contribution in [0.2, 0.25) is 0 Å². The topological polar surface area (TPSA) is 55.7 Å². The minimum Gasteiger partial charge on any atom is -0.381 e. The lowest BCUT2D eigenvalue weighted by Gasteiger charge is -2.24. The molecule has 0 amide bonds. The highest BCUT2D eigenvalue weighted by atomic mass is 32.1. The molecule has 5 nitrogen and oxygen atoms in total. The molecule has 3 heterocycles. The summed E-state index contributed by atoms with van der Waals surface area (Å²) >= 11 is 5.34. The Morgan fingerprint density at radius 3 is 2.72 bits per heavy atom. The Morgan fingerprint density at radius 2 is 2.00 bits per heavy atom. The summed E-state index contributed by atoms with van der Waals surface area (Å²) in [7, 11) is 0. The van der Waals surface area contributed by atoms with Crippen LogP contribution in [-0.2, 0) is 4.74 Å². The van der Waals surface area contributed by atoms with Gasteiger partial charge in [0.1, 0.15) is 0 Å². The largest absolute Gasteiger partial charge is 0.381 e. The van der Waals surface area contributed by atoms with Crippen molar-refractivity contribution in [3.8, 4) is 11.4 Å². The van der Waals surface area contributed by atoms with Crippen LogP contribution >= 0.6 is 12.2 Å². The Bertz CT molecular complexity index is 571. The van der Waals surface area contributed by atoms with Crippen molar-refractivity contribution in [2.45, 2.75) is 18.9 Å². The first-order chi connectivity index (χ1) is 8.86. The van der Waals surface area contributed by atoms with Crippen LogP contribution in [0.3, 0.4) is 0 Å². The van der Waals surface area contributed by atoms with Crippen molar-refractivity contribution in [3.05, 3.63) is 29.3 Å². The standard InChI is InChI=1S/C12H14N4OS/c18-12-15-14-11(9-1-5-13-6-2-9)16(12)10-3-7-17-8-4-10/h1-2,5-6,10H,3-4,7-8H2,(H,15,18). The van der Waals surface area contributed by atoms with Crippen LogP contribution in [0.5, 0.6) is 0 Å². The number of hydrogen-bond donors (Lipinski definition) is 1. The number of aromatic amines is 1. The van der Waals surface area contributed by atoms with Crippen molar-refractivity contribution in [2.24, 2.45) is 0 Å². The summed E-state index contributed by atoms with van der Waals surface area (Å²) in [4.78, 5) is 4.03. The second-order valence-electron chi connectivity index (χ2n) is 4.30. The monoisotopic (exact) mass is 262 g/mol. The zero-order valence-corrected chi connectivity index (χ0v) is 10.7. The summed E-state index contributed by atoms with van der Waals surface area (Å²) in [5.41, 5.74) is 1.03. The van der Waals surface area contributed by atoms with Gasteiger partial charge >= 0.3 is 0 Å². The summed E-state index contributed by atoms with van der Waals surface area (Å²) in [6.45, 7) is 1.57. The number of aromatic nitrogens is 4. The normalized spacial score (nSPS) is 16.9. The van der Waals surface area contributed by atoms with E-state index in [1.807, 2.05) is 12.1 Å². The summed E-state index contributed by atoms with van der Waals surface area (Å²) < 4.78 is 8.17. The predicted molar refractivity (Wildman–Crippen MR) is 69.7 cm³/mol. The SMILES string of the molecule is S=c1[nH]nc(-c2ccncc2)n1C1CCOCC1. The molecule has 0 atom stereocenters. The number of hydrogen-bond acceptors (Lipinski definition) is 4. The van der Waals surface area contributed by atoms with Crippen molar-refractivity contribution in [1.29, 1.82) is 0 Å². The van der Waals surface area contributed by atoms with E-state index in [0.29, 0.717) is 10.8 Å². The van der Waals surface area contributed by atoms with E-state index in [0.717, 1.165) is 37.4 Å². The van der Waals surface area contributed by atoms with Crippen molar-refractivity contribution >= 4 is 12.2 Å². The molecule has 0 aliphatic carbocycles. The van der Waals surface area contributed by atoms with Crippen molar-refractivity contribution in [3.63, 3.8) is 0 Å². The molecule has 2 aromatic heterocycles. The molecule has 1 aliphatic rings. The first-order valence-electron chi connectivity index (χ1n) is 6.01. The lowest BCUT2D eigenvalue weighted by Crippen LogP contribution is -2.20. The van der Waals surface area contributed by atoms with Gasteiger partial charge in [0.25, 0.3) is 0 Å². The van der Waals surface area contributed by atoms with Gasteiger partial charge in [-0.1, -0.05) is 0 Å². The number of H-pyrrole nitrogens is 1. The lowest BCUT2D eigenvalue weighted by atomic mass is 10.1. The van der Waals surface area contributed by atoms with Gasteiger partial charge in [0.2, 0.25) is 0 Å². The summed E-state index contributed by atoms with van der Waals surface area (Å²) in [6, 6.07) is 4.26. The van der Waals surface area contributed by atoms with Crippen LogP contribution in [0.15, 0.2) is 24.5 Å². The molecule has 3 rings (SSSR count). The van der Waals surface area contributed by atoms with Crippen LogP contribution in [0.4, 0.5) is 0 Å². The van der Waals surface area contributed by atoms with E-state index in [-0.39, 0.29) is 0 Å². The van der Waals surface area contributed by atoms with Crippen LogP contribution in [0, 0.1) is 4.77 Å². The summed E-state index contributed by atoms with van der Waals surface area (Å²) in [5.74, 6) is 0.884. The smallest absolute Gasteiger partial charge is 0.195 e. The van der Waals surface area contributed by atoms with Gasteiger partial charge in [-0.2, -0.15) is 5.10 Å². The Morgan fingerprint density at radius 1 is 1.28 bits per heavy atom. The molecule has 1 aliphatic heterocycles. The summed E-state index contributed by atoms with van der Waals surface area (Å²) in [5, 5.41) is 7.23. The first-order valence-corrected chi connectivity index (χ1v) is 6.42. The molecular weight excluding hydrogens is 248 g/mol. The zero-order valence-electron chi connectivity index (χ0n) is 9.87. The molecule has 1 fully saturated rings. The van der Waals surface area contributed by atoms with Gasteiger partial charge in [0.15, 0.2) is 10.6 Å². The van der Waals surface area contributed by atoms with E-state index in [1.165, 1.54) is 0 Å². The highest BCUT2D eigenvalue weighted by Gasteiger charge is 2.20. The molecule has 0 unspecified atom stereocenters. The predicted octanol–water partition coefficient (Wildman–Crippen LogP) is 2.35. The van der Waals surface area contributed by atoms with Crippen molar-refractivity contribution in [2.75, 3.05) is 13.2 Å². The molecule has 0 radical (unpaired) electrons. The maximum atomic E-state index is 5.40. The van der Waals surface area contributed by atoms with Gasteiger partial charge in [0.05, 0.1) is 0 Å². The molecule has 6 heteroatoms. The molecule has 0 bridgehead atoms. The number of nitrogens with one attached hydrogen (secondary N) is 1. The quantitative estimate of drug-likeness (QED) is 0.844. The fraction of sp³-hybridized carbons (Fsp3) is 0.417. The maximum absolute atomic E-state index is 5.40. The first kappa shape index (κ1) is 11.6. The molecule has 94 valence electrons. The lowest BCUT2D eigenvalue weighted by molar-refractivity contribution is 0.0696. The fourth-order valence-corrected chi connectivity index (χ4v) is 2.57.